The normalized spacial score (nSPS) is 16.0. The third-order valence-electron chi connectivity index (χ3n) is 4.89. The standard InChI is InChI=1S/C21H25N3O4S/c1-28-20-15-18(7-11-22-20)16-23-21(25)19-8-12-24(13-9-19)29(26,27)14-10-17-5-3-2-4-6-17/h2-7,10-11,14-15,19H,8-9,12-13,16H2,1H3,(H,23,25)/b14-10+. The average Bonchev–Trinajstić information content (AvgIpc) is 2.77. The molecule has 0 spiro atoms. The lowest BCUT2D eigenvalue weighted by Crippen LogP contribution is -2.42. The average molecular weight is 416 g/mol. The summed E-state index contributed by atoms with van der Waals surface area (Å²) in [7, 11) is -1.95. The second kappa shape index (κ2) is 9.67. The first-order valence-electron chi connectivity index (χ1n) is 9.48. The van der Waals surface area contributed by atoms with Crippen molar-refractivity contribution in [1.82, 2.24) is 14.6 Å². The van der Waals surface area contributed by atoms with E-state index >= 15 is 0 Å². The van der Waals surface area contributed by atoms with Gasteiger partial charge in [0.1, 0.15) is 0 Å². The van der Waals surface area contributed by atoms with Gasteiger partial charge >= 0.3 is 0 Å². The van der Waals surface area contributed by atoms with Gasteiger partial charge in [-0.2, -0.15) is 4.31 Å². The minimum atomic E-state index is -3.49. The number of nitrogens with one attached hydrogen (secondary N) is 1. The first-order valence-corrected chi connectivity index (χ1v) is 11.0. The summed E-state index contributed by atoms with van der Waals surface area (Å²) < 4.78 is 31.6. The van der Waals surface area contributed by atoms with Gasteiger partial charge in [0.15, 0.2) is 0 Å². The van der Waals surface area contributed by atoms with Crippen molar-refractivity contribution in [1.29, 1.82) is 0 Å². The van der Waals surface area contributed by atoms with Crippen molar-refractivity contribution in [3.63, 3.8) is 0 Å². The number of amides is 1. The van der Waals surface area contributed by atoms with Gasteiger partial charge in [0.25, 0.3) is 0 Å². The van der Waals surface area contributed by atoms with Crippen LogP contribution in [0, 0.1) is 5.92 Å². The Kier molecular flexibility index (Phi) is 7.00. The molecule has 2 heterocycles. The van der Waals surface area contributed by atoms with Crippen LogP contribution >= 0.6 is 0 Å². The topological polar surface area (TPSA) is 88.6 Å². The molecule has 0 saturated carbocycles. The van der Waals surface area contributed by atoms with Crippen molar-refractivity contribution < 1.29 is 17.9 Å². The zero-order valence-electron chi connectivity index (χ0n) is 16.3. The lowest BCUT2D eigenvalue weighted by molar-refractivity contribution is -0.126. The Bertz CT molecular complexity index is 953. The van der Waals surface area contributed by atoms with Crippen LogP contribution in [-0.4, -0.2) is 43.8 Å². The van der Waals surface area contributed by atoms with Gasteiger partial charge in [0, 0.05) is 43.2 Å². The minimum Gasteiger partial charge on any atom is -0.481 e. The maximum absolute atomic E-state index is 12.5. The molecule has 1 aromatic heterocycles. The Balaban J connectivity index is 1.50. The van der Waals surface area contributed by atoms with Crippen LogP contribution in [-0.2, 0) is 21.4 Å². The van der Waals surface area contributed by atoms with E-state index in [2.05, 4.69) is 10.3 Å². The number of piperidine rings is 1. The summed E-state index contributed by atoms with van der Waals surface area (Å²) in [6.45, 7) is 1.06. The summed E-state index contributed by atoms with van der Waals surface area (Å²) in [5.74, 6) is 0.250. The van der Waals surface area contributed by atoms with Crippen LogP contribution in [0.1, 0.15) is 24.0 Å². The number of carbonyl (C=O) groups is 1. The van der Waals surface area contributed by atoms with Gasteiger partial charge in [0.2, 0.25) is 21.8 Å². The number of hydrogen-bond acceptors (Lipinski definition) is 5. The molecular formula is C21H25N3O4S. The van der Waals surface area contributed by atoms with Crippen molar-refractivity contribution in [2.24, 2.45) is 5.92 Å². The number of nitrogens with zero attached hydrogens (tertiary/aromatic N) is 2. The molecule has 3 rings (SSSR count). The molecule has 0 unspecified atom stereocenters. The molecular weight excluding hydrogens is 390 g/mol. The zero-order valence-corrected chi connectivity index (χ0v) is 17.1. The van der Waals surface area contributed by atoms with E-state index in [-0.39, 0.29) is 11.8 Å². The third kappa shape index (κ3) is 5.88. The Labute approximate surface area is 171 Å². The van der Waals surface area contributed by atoms with Gasteiger partial charge in [0.05, 0.1) is 7.11 Å². The second-order valence-corrected chi connectivity index (χ2v) is 8.67. The highest BCUT2D eigenvalue weighted by Crippen LogP contribution is 2.21. The monoisotopic (exact) mass is 415 g/mol. The van der Waals surface area contributed by atoms with Gasteiger partial charge in [-0.15, -0.1) is 0 Å². The first-order chi connectivity index (χ1) is 14.0. The molecule has 154 valence electrons. The molecule has 1 aliphatic rings. The molecule has 1 saturated heterocycles. The van der Waals surface area contributed by atoms with E-state index in [4.69, 9.17) is 4.74 Å². The van der Waals surface area contributed by atoms with Crippen LogP contribution in [0.3, 0.4) is 0 Å². The molecule has 1 N–H and O–H groups in total. The van der Waals surface area contributed by atoms with Crippen LogP contribution in [0.5, 0.6) is 5.88 Å². The van der Waals surface area contributed by atoms with E-state index in [1.165, 1.54) is 9.71 Å². The van der Waals surface area contributed by atoms with E-state index in [0.29, 0.717) is 38.4 Å². The molecule has 0 bridgehead atoms. The third-order valence-corrected chi connectivity index (χ3v) is 6.46. The quantitative estimate of drug-likeness (QED) is 0.750. The van der Waals surface area contributed by atoms with Gasteiger partial charge < -0.3 is 10.1 Å². The first kappa shape index (κ1) is 21.0. The highest BCUT2D eigenvalue weighted by Gasteiger charge is 2.29. The minimum absolute atomic E-state index is 0.0577. The van der Waals surface area contributed by atoms with Crippen LogP contribution in [0.2, 0.25) is 0 Å². The molecule has 0 aliphatic carbocycles. The summed E-state index contributed by atoms with van der Waals surface area (Å²) in [4.78, 5) is 16.5. The van der Waals surface area contributed by atoms with Crippen molar-refractivity contribution in [2.45, 2.75) is 19.4 Å². The zero-order chi connectivity index (χ0) is 20.7. The predicted molar refractivity (Wildman–Crippen MR) is 111 cm³/mol. The summed E-state index contributed by atoms with van der Waals surface area (Å²) in [5, 5.41) is 4.15. The molecule has 0 atom stereocenters. The number of aromatic nitrogens is 1. The van der Waals surface area contributed by atoms with E-state index in [9.17, 15) is 13.2 Å². The van der Waals surface area contributed by atoms with Crippen molar-refractivity contribution in [3.8, 4) is 5.88 Å². The van der Waals surface area contributed by atoms with Crippen LogP contribution in [0.15, 0.2) is 54.1 Å². The molecule has 1 aromatic carbocycles. The molecule has 1 fully saturated rings. The molecule has 0 radical (unpaired) electrons. The molecule has 1 amide bonds. The summed E-state index contributed by atoms with van der Waals surface area (Å²) >= 11 is 0. The lowest BCUT2D eigenvalue weighted by atomic mass is 9.97. The maximum Gasteiger partial charge on any atom is 0.236 e. The van der Waals surface area contributed by atoms with Crippen molar-refractivity contribution in [2.75, 3.05) is 20.2 Å². The lowest BCUT2D eigenvalue weighted by Gasteiger charge is -2.29. The molecule has 1 aliphatic heterocycles. The number of sulfonamides is 1. The van der Waals surface area contributed by atoms with Gasteiger partial charge in [-0.1, -0.05) is 30.3 Å². The van der Waals surface area contributed by atoms with Crippen LogP contribution < -0.4 is 10.1 Å². The van der Waals surface area contributed by atoms with E-state index in [1.807, 2.05) is 36.4 Å². The largest absolute Gasteiger partial charge is 0.481 e. The number of benzene rings is 1. The van der Waals surface area contributed by atoms with E-state index < -0.39 is 10.0 Å². The molecule has 29 heavy (non-hydrogen) atoms. The summed E-state index contributed by atoms with van der Waals surface area (Å²) in [5.41, 5.74) is 1.73. The number of hydrogen-bond donors (Lipinski definition) is 1. The summed E-state index contributed by atoms with van der Waals surface area (Å²) in [6.07, 6.45) is 4.23. The summed E-state index contributed by atoms with van der Waals surface area (Å²) in [6, 6.07) is 12.9. The number of rotatable bonds is 7. The van der Waals surface area contributed by atoms with Crippen LogP contribution in [0.4, 0.5) is 0 Å². The number of methoxy groups -OCH3 is 1. The van der Waals surface area contributed by atoms with Gasteiger partial charge in [-0.05, 0) is 36.1 Å². The van der Waals surface area contributed by atoms with E-state index in [1.54, 1.807) is 25.4 Å². The fraction of sp³-hybridized carbons (Fsp3) is 0.333. The number of pyridine rings is 1. The Morgan fingerprint density at radius 3 is 2.66 bits per heavy atom. The highest BCUT2D eigenvalue weighted by atomic mass is 32.2. The SMILES string of the molecule is COc1cc(CNC(=O)C2CCN(S(=O)(=O)/C=C/c3ccccc3)CC2)ccn1. The van der Waals surface area contributed by atoms with Gasteiger partial charge in [-0.25, -0.2) is 13.4 Å². The Morgan fingerprint density at radius 1 is 1.24 bits per heavy atom. The second-order valence-electron chi connectivity index (χ2n) is 6.86. The molecule has 8 heteroatoms. The van der Waals surface area contributed by atoms with Crippen LogP contribution in [0.25, 0.3) is 6.08 Å². The van der Waals surface area contributed by atoms with E-state index in [0.717, 1.165) is 11.1 Å². The van der Waals surface area contributed by atoms with Gasteiger partial charge in [-0.3, -0.25) is 4.79 Å². The Hall–Kier alpha value is -2.71. The highest BCUT2D eigenvalue weighted by molar-refractivity contribution is 7.92. The van der Waals surface area contributed by atoms with Crippen molar-refractivity contribution >= 4 is 22.0 Å². The van der Waals surface area contributed by atoms with Crippen molar-refractivity contribution in [3.05, 3.63) is 65.2 Å². The predicted octanol–water partition coefficient (Wildman–Crippen LogP) is 2.42. The fourth-order valence-corrected chi connectivity index (χ4v) is 4.41. The fourth-order valence-electron chi connectivity index (χ4n) is 3.19. The smallest absolute Gasteiger partial charge is 0.236 e. The molecule has 2 aromatic rings. The maximum atomic E-state index is 12.5. The Morgan fingerprint density at radius 2 is 1.97 bits per heavy atom. The molecule has 7 nitrogen and oxygen atoms in total. The number of ether oxygens (including phenoxy) is 1. The number of carbonyl (C=O) groups excluding carboxylic acids is 1.